The zero-order chi connectivity index (χ0) is 31.8. The molecule has 2 heterocycles. The third-order valence-corrected chi connectivity index (χ3v) is 10.9. The summed E-state index contributed by atoms with van der Waals surface area (Å²) in [7, 11) is -6.18. The average molecular weight is 640 g/mol. The molecule has 1 amide bonds. The number of rotatable bonds is 9. The number of fused-ring (bicyclic) bond motifs is 1. The van der Waals surface area contributed by atoms with Crippen molar-refractivity contribution in [2.45, 2.75) is 38.1 Å². The Morgan fingerprint density at radius 3 is 2.18 bits per heavy atom. The van der Waals surface area contributed by atoms with Crippen LogP contribution >= 0.6 is 0 Å². The van der Waals surface area contributed by atoms with E-state index in [9.17, 15) is 26.4 Å². The number of sulfonamides is 2. The SMILES string of the molecule is COC(=O)[C@@H](NS(=O)(=O)c1ccc(-c2ccc(NC(=O)c3oc4cccc(N5CCCS5(=O)=O)c4c3C)cc2)cc1)C(C)C. The van der Waals surface area contributed by atoms with Gasteiger partial charge in [0.1, 0.15) is 11.6 Å². The lowest BCUT2D eigenvalue weighted by atomic mass is 10.1. The average Bonchev–Trinajstić information content (AvgIpc) is 3.54. The summed E-state index contributed by atoms with van der Waals surface area (Å²) >= 11 is 0. The zero-order valence-electron chi connectivity index (χ0n) is 24.7. The van der Waals surface area contributed by atoms with E-state index in [0.29, 0.717) is 40.9 Å². The molecule has 2 N–H and O–H groups in total. The Kier molecular flexibility index (Phi) is 8.56. The van der Waals surface area contributed by atoms with Crippen LogP contribution in [0.2, 0.25) is 0 Å². The molecule has 44 heavy (non-hydrogen) atoms. The molecule has 1 saturated heterocycles. The number of carbonyl (C=O) groups excluding carboxylic acids is 2. The lowest BCUT2D eigenvalue weighted by Crippen LogP contribution is -2.44. The Morgan fingerprint density at radius 2 is 1.61 bits per heavy atom. The fourth-order valence-electron chi connectivity index (χ4n) is 5.20. The van der Waals surface area contributed by atoms with Gasteiger partial charge in [0.05, 0.1) is 23.4 Å². The maximum absolute atomic E-state index is 13.2. The quantitative estimate of drug-likeness (QED) is 0.251. The number of furan rings is 1. The molecule has 0 radical (unpaired) electrons. The van der Waals surface area contributed by atoms with Crippen LogP contribution in [0.4, 0.5) is 11.4 Å². The Morgan fingerprint density at radius 1 is 0.977 bits per heavy atom. The number of amides is 1. The van der Waals surface area contributed by atoms with E-state index in [1.165, 1.54) is 23.5 Å². The molecule has 1 fully saturated rings. The highest BCUT2D eigenvalue weighted by Gasteiger charge is 2.32. The highest BCUT2D eigenvalue weighted by molar-refractivity contribution is 7.93. The van der Waals surface area contributed by atoms with Gasteiger partial charge in [0.2, 0.25) is 20.0 Å². The van der Waals surface area contributed by atoms with Gasteiger partial charge in [-0.2, -0.15) is 4.72 Å². The number of carbonyl (C=O) groups is 2. The number of esters is 1. The van der Waals surface area contributed by atoms with Crippen molar-refractivity contribution < 1.29 is 35.6 Å². The number of hydrogen-bond donors (Lipinski definition) is 2. The van der Waals surface area contributed by atoms with Crippen molar-refractivity contribution in [3.63, 3.8) is 0 Å². The summed E-state index contributed by atoms with van der Waals surface area (Å²) in [6.07, 6.45) is 0.537. The summed E-state index contributed by atoms with van der Waals surface area (Å²) in [5, 5.41) is 3.41. The van der Waals surface area contributed by atoms with Crippen molar-refractivity contribution in [2.24, 2.45) is 5.92 Å². The highest BCUT2D eigenvalue weighted by Crippen LogP contribution is 2.37. The molecule has 0 aliphatic carbocycles. The van der Waals surface area contributed by atoms with Crippen LogP contribution in [-0.2, 0) is 29.6 Å². The van der Waals surface area contributed by atoms with Gasteiger partial charge in [0, 0.05) is 23.2 Å². The molecule has 3 aromatic carbocycles. The Balaban J connectivity index is 1.31. The van der Waals surface area contributed by atoms with Crippen molar-refractivity contribution in [3.8, 4) is 11.1 Å². The van der Waals surface area contributed by atoms with Gasteiger partial charge in [-0.3, -0.25) is 13.9 Å². The summed E-state index contributed by atoms with van der Waals surface area (Å²) in [6.45, 7) is 5.55. The number of hydrogen-bond acceptors (Lipinski definition) is 8. The van der Waals surface area contributed by atoms with E-state index < -0.39 is 38.0 Å². The Hall–Kier alpha value is -4.20. The predicted molar refractivity (Wildman–Crippen MR) is 167 cm³/mol. The van der Waals surface area contributed by atoms with Crippen LogP contribution in [-0.4, -0.2) is 54.2 Å². The smallest absolute Gasteiger partial charge is 0.324 e. The van der Waals surface area contributed by atoms with E-state index in [2.05, 4.69) is 10.0 Å². The van der Waals surface area contributed by atoms with Gasteiger partial charge < -0.3 is 14.5 Å². The maximum Gasteiger partial charge on any atom is 0.324 e. The van der Waals surface area contributed by atoms with Crippen LogP contribution in [0, 0.1) is 12.8 Å². The van der Waals surface area contributed by atoms with Crippen LogP contribution in [0.1, 0.15) is 36.4 Å². The van der Waals surface area contributed by atoms with E-state index in [0.717, 1.165) is 11.1 Å². The first-order chi connectivity index (χ1) is 20.8. The van der Waals surface area contributed by atoms with Crippen LogP contribution in [0.25, 0.3) is 22.1 Å². The van der Waals surface area contributed by atoms with Gasteiger partial charge in [0.25, 0.3) is 5.91 Å². The number of nitrogens with one attached hydrogen (secondary N) is 2. The zero-order valence-corrected chi connectivity index (χ0v) is 26.3. The number of methoxy groups -OCH3 is 1. The molecule has 5 rings (SSSR count). The molecule has 13 heteroatoms. The Bertz CT molecular complexity index is 1930. The summed E-state index contributed by atoms with van der Waals surface area (Å²) in [5.41, 5.74) is 3.50. The molecule has 1 aromatic heterocycles. The molecule has 0 bridgehead atoms. The maximum atomic E-state index is 13.2. The summed E-state index contributed by atoms with van der Waals surface area (Å²) < 4.78 is 65.3. The standard InChI is InChI=1S/C31H33N3O8S2/c1-19(2)28(31(36)41-4)33-44(39,40)24-15-11-22(12-16-24)21-9-13-23(14-10-21)32-30(35)29-20(3)27-25(7-5-8-26(27)42-29)34-17-6-18-43(34,37)38/h5,7-16,19,28,33H,6,17-18H2,1-4H3,(H,32,35)/t28-/m0/s1. The predicted octanol–water partition coefficient (Wildman–Crippen LogP) is 4.68. The van der Waals surface area contributed by atoms with Crippen molar-refractivity contribution in [1.82, 2.24) is 4.72 Å². The molecule has 0 spiro atoms. The number of ether oxygens (including phenoxy) is 1. The summed E-state index contributed by atoms with van der Waals surface area (Å²) in [4.78, 5) is 25.2. The normalized spacial score (nSPS) is 15.4. The Labute approximate surface area is 256 Å². The van der Waals surface area contributed by atoms with Crippen molar-refractivity contribution >= 4 is 54.3 Å². The molecule has 1 aliphatic rings. The monoisotopic (exact) mass is 639 g/mol. The van der Waals surface area contributed by atoms with Gasteiger partial charge in [-0.25, -0.2) is 16.8 Å². The molecule has 1 atom stereocenters. The highest BCUT2D eigenvalue weighted by atomic mass is 32.2. The lowest BCUT2D eigenvalue weighted by Gasteiger charge is -2.19. The van der Waals surface area contributed by atoms with Gasteiger partial charge in [-0.15, -0.1) is 0 Å². The van der Waals surface area contributed by atoms with Gasteiger partial charge in [0.15, 0.2) is 5.76 Å². The van der Waals surface area contributed by atoms with Crippen molar-refractivity contribution in [2.75, 3.05) is 29.0 Å². The first-order valence-corrected chi connectivity index (χ1v) is 17.1. The number of aryl methyl sites for hydroxylation is 1. The van der Waals surface area contributed by atoms with Gasteiger partial charge in [-0.1, -0.05) is 44.2 Å². The number of nitrogens with zero attached hydrogens (tertiary/aromatic N) is 1. The van der Waals surface area contributed by atoms with Crippen molar-refractivity contribution in [1.29, 1.82) is 0 Å². The first-order valence-electron chi connectivity index (χ1n) is 14.0. The first kappa shape index (κ1) is 31.2. The van der Waals surface area contributed by atoms with E-state index in [4.69, 9.17) is 9.15 Å². The fourth-order valence-corrected chi connectivity index (χ4v) is 8.10. The third kappa shape index (κ3) is 6.07. The molecule has 1 aliphatic heterocycles. The van der Waals surface area contributed by atoms with Crippen LogP contribution in [0.15, 0.2) is 76.0 Å². The van der Waals surface area contributed by atoms with Crippen LogP contribution in [0.5, 0.6) is 0 Å². The second-order valence-corrected chi connectivity index (χ2v) is 14.6. The summed E-state index contributed by atoms with van der Waals surface area (Å²) in [6, 6.07) is 17.3. The van der Waals surface area contributed by atoms with Crippen LogP contribution < -0.4 is 14.3 Å². The second kappa shape index (κ2) is 12.1. The topological polar surface area (TPSA) is 152 Å². The van der Waals surface area contributed by atoms with E-state index >= 15 is 0 Å². The van der Waals surface area contributed by atoms with E-state index in [1.54, 1.807) is 75.4 Å². The molecule has 11 nitrogen and oxygen atoms in total. The third-order valence-electron chi connectivity index (χ3n) is 7.55. The molecular formula is C31H33N3O8S2. The van der Waals surface area contributed by atoms with E-state index in [-0.39, 0.29) is 22.3 Å². The lowest BCUT2D eigenvalue weighted by molar-refractivity contribution is -0.143. The molecular weight excluding hydrogens is 606 g/mol. The van der Waals surface area contributed by atoms with E-state index in [1.807, 2.05) is 0 Å². The number of anilines is 2. The molecule has 232 valence electrons. The second-order valence-electron chi connectivity index (χ2n) is 10.9. The minimum absolute atomic E-state index is 0.00591. The van der Waals surface area contributed by atoms with Crippen LogP contribution in [0.3, 0.4) is 0 Å². The number of benzene rings is 3. The molecule has 0 unspecified atom stereocenters. The van der Waals surface area contributed by atoms with Gasteiger partial charge >= 0.3 is 5.97 Å². The van der Waals surface area contributed by atoms with Crippen molar-refractivity contribution in [3.05, 3.63) is 78.1 Å². The largest absolute Gasteiger partial charge is 0.468 e. The summed E-state index contributed by atoms with van der Waals surface area (Å²) in [5.74, 6) is -1.27. The van der Waals surface area contributed by atoms with Gasteiger partial charge in [-0.05, 0) is 66.8 Å². The molecule has 0 saturated carbocycles. The fraction of sp³-hybridized carbons (Fsp3) is 0.290. The molecule has 4 aromatic rings. The minimum Gasteiger partial charge on any atom is -0.468 e. The minimum atomic E-state index is -3.97.